The molecular weight excluding hydrogens is 374 g/mol. The van der Waals surface area contributed by atoms with Crippen LogP contribution in [0.3, 0.4) is 0 Å². The summed E-state index contributed by atoms with van der Waals surface area (Å²) >= 11 is 0. The molecule has 0 unspecified atom stereocenters. The van der Waals surface area contributed by atoms with Crippen LogP contribution in [0.1, 0.15) is 85.0 Å². The quantitative estimate of drug-likeness (QED) is 0.335. The highest BCUT2D eigenvalue weighted by Gasteiger charge is 2.23. The SMILES string of the molecule is C1CCC(NC2CCCCC2)CC1.CC(C)(C)OC(=O)N[C@@H](CN=[N+]=[N-])C(=O)O. The van der Waals surface area contributed by atoms with Gasteiger partial charge in [0, 0.05) is 17.0 Å². The van der Waals surface area contributed by atoms with E-state index in [0.717, 1.165) is 12.1 Å². The van der Waals surface area contributed by atoms with Gasteiger partial charge < -0.3 is 20.5 Å². The molecule has 2 saturated carbocycles. The third-order valence-corrected chi connectivity index (χ3v) is 5.00. The Hall–Kier alpha value is -1.99. The van der Waals surface area contributed by atoms with Crippen LogP contribution in [-0.2, 0) is 9.53 Å². The molecular formula is C20H37N5O4. The van der Waals surface area contributed by atoms with Crippen molar-refractivity contribution in [3.8, 4) is 0 Å². The van der Waals surface area contributed by atoms with Gasteiger partial charge in [-0.05, 0) is 52.0 Å². The molecule has 1 amide bonds. The van der Waals surface area contributed by atoms with E-state index < -0.39 is 23.7 Å². The van der Waals surface area contributed by atoms with E-state index in [2.05, 4.69) is 20.7 Å². The van der Waals surface area contributed by atoms with E-state index in [-0.39, 0.29) is 6.54 Å². The molecule has 0 bridgehead atoms. The number of hydrogen-bond acceptors (Lipinski definition) is 5. The van der Waals surface area contributed by atoms with Crippen LogP contribution in [0.5, 0.6) is 0 Å². The molecule has 2 aliphatic carbocycles. The standard InChI is InChI=1S/C12H23N.C8H14N4O4/c1-3-7-11(8-4-1)13-12-9-5-2-6-10-12;1-8(2,3)16-7(15)11-5(6(13)14)4-10-12-9/h11-13H,1-10H2;5H,4H2,1-3H3,(H,11,15)(H,13,14)/t;5-/m.0/s1. The maximum absolute atomic E-state index is 11.2. The van der Waals surface area contributed by atoms with Crippen LogP contribution in [0, 0.1) is 0 Å². The van der Waals surface area contributed by atoms with Gasteiger partial charge >= 0.3 is 12.1 Å². The number of rotatable bonds is 6. The predicted octanol–water partition coefficient (Wildman–Crippen LogP) is 4.52. The summed E-state index contributed by atoms with van der Waals surface area (Å²) in [4.78, 5) is 24.3. The molecule has 0 aromatic carbocycles. The van der Waals surface area contributed by atoms with Crippen molar-refractivity contribution >= 4 is 12.1 Å². The Labute approximate surface area is 173 Å². The number of nitrogens with zero attached hydrogens (tertiary/aromatic N) is 3. The van der Waals surface area contributed by atoms with Crippen LogP contribution in [0.2, 0.25) is 0 Å². The minimum atomic E-state index is -1.29. The van der Waals surface area contributed by atoms with Crippen LogP contribution in [0.4, 0.5) is 4.79 Å². The fourth-order valence-corrected chi connectivity index (χ4v) is 3.63. The zero-order valence-electron chi connectivity index (χ0n) is 18.0. The van der Waals surface area contributed by atoms with Crippen LogP contribution < -0.4 is 10.6 Å². The molecule has 166 valence electrons. The lowest BCUT2D eigenvalue weighted by molar-refractivity contribution is -0.139. The normalized spacial score (nSPS) is 19.1. The number of carboxylic acid groups (broad SMARTS) is 1. The molecule has 29 heavy (non-hydrogen) atoms. The van der Waals surface area contributed by atoms with E-state index in [9.17, 15) is 9.59 Å². The summed E-state index contributed by atoms with van der Waals surface area (Å²) in [5, 5.41) is 17.7. The van der Waals surface area contributed by atoms with Gasteiger partial charge in [-0.3, -0.25) is 0 Å². The highest BCUT2D eigenvalue weighted by Crippen LogP contribution is 2.22. The lowest BCUT2D eigenvalue weighted by atomic mass is 9.91. The number of carboxylic acids is 1. The average Bonchev–Trinajstić information content (AvgIpc) is 2.65. The van der Waals surface area contributed by atoms with Crippen molar-refractivity contribution in [2.24, 2.45) is 5.11 Å². The molecule has 0 saturated heterocycles. The Bertz CT molecular complexity index is 530. The van der Waals surface area contributed by atoms with E-state index in [1.807, 2.05) is 0 Å². The number of ether oxygens (including phenoxy) is 1. The van der Waals surface area contributed by atoms with Gasteiger partial charge in [0.15, 0.2) is 0 Å². The van der Waals surface area contributed by atoms with Gasteiger partial charge in [-0.25, -0.2) is 9.59 Å². The third-order valence-electron chi connectivity index (χ3n) is 5.00. The zero-order valence-corrected chi connectivity index (χ0v) is 18.0. The van der Waals surface area contributed by atoms with Crippen molar-refractivity contribution in [3.05, 3.63) is 10.4 Å². The molecule has 2 aliphatic rings. The minimum absolute atomic E-state index is 0.370. The highest BCUT2D eigenvalue weighted by molar-refractivity contribution is 5.80. The lowest BCUT2D eigenvalue weighted by Gasteiger charge is -2.30. The van der Waals surface area contributed by atoms with E-state index in [4.69, 9.17) is 15.4 Å². The molecule has 9 heteroatoms. The summed E-state index contributed by atoms with van der Waals surface area (Å²) in [6.07, 6.45) is 13.7. The number of amides is 1. The fourth-order valence-electron chi connectivity index (χ4n) is 3.63. The molecule has 0 aromatic heterocycles. The summed E-state index contributed by atoms with van der Waals surface area (Å²) in [6, 6.07) is 0.458. The Kier molecular flexibility index (Phi) is 11.5. The number of carbonyl (C=O) groups is 2. The number of azide groups is 1. The Morgan fingerprint density at radius 1 is 1.07 bits per heavy atom. The van der Waals surface area contributed by atoms with Gasteiger partial charge in [0.25, 0.3) is 0 Å². The van der Waals surface area contributed by atoms with Crippen LogP contribution >= 0.6 is 0 Å². The number of hydrogen-bond donors (Lipinski definition) is 3. The van der Waals surface area contributed by atoms with Crippen LogP contribution in [0.15, 0.2) is 5.11 Å². The van der Waals surface area contributed by atoms with Crippen LogP contribution in [0.25, 0.3) is 10.4 Å². The fraction of sp³-hybridized carbons (Fsp3) is 0.900. The molecule has 0 spiro atoms. The van der Waals surface area contributed by atoms with Gasteiger partial charge in [-0.15, -0.1) is 0 Å². The van der Waals surface area contributed by atoms with Gasteiger partial charge in [-0.1, -0.05) is 43.6 Å². The van der Waals surface area contributed by atoms with Gasteiger partial charge in [-0.2, -0.15) is 0 Å². The molecule has 0 aliphatic heterocycles. The number of nitrogens with one attached hydrogen (secondary N) is 2. The second-order valence-corrected chi connectivity index (χ2v) is 8.79. The second kappa shape index (κ2) is 13.3. The van der Waals surface area contributed by atoms with E-state index >= 15 is 0 Å². The first kappa shape index (κ1) is 25.0. The van der Waals surface area contributed by atoms with Gasteiger partial charge in [0.05, 0.1) is 6.54 Å². The van der Waals surface area contributed by atoms with Crippen molar-refractivity contribution in [1.82, 2.24) is 10.6 Å². The zero-order chi connectivity index (χ0) is 21.7. The maximum atomic E-state index is 11.2. The number of carbonyl (C=O) groups excluding carboxylic acids is 1. The molecule has 0 heterocycles. The van der Waals surface area contributed by atoms with Crippen molar-refractivity contribution in [2.45, 2.75) is 109 Å². The molecule has 3 N–H and O–H groups in total. The molecule has 0 radical (unpaired) electrons. The highest BCUT2D eigenvalue weighted by atomic mass is 16.6. The number of alkyl carbamates (subject to hydrolysis) is 1. The van der Waals surface area contributed by atoms with Gasteiger partial charge in [0.2, 0.25) is 0 Å². The molecule has 1 atom stereocenters. The Morgan fingerprint density at radius 3 is 1.93 bits per heavy atom. The van der Waals surface area contributed by atoms with Crippen molar-refractivity contribution in [1.29, 1.82) is 0 Å². The summed E-state index contributed by atoms with van der Waals surface area (Å²) in [7, 11) is 0. The molecule has 0 aromatic rings. The maximum Gasteiger partial charge on any atom is 0.408 e. The first-order valence-corrected chi connectivity index (χ1v) is 10.7. The first-order valence-electron chi connectivity index (χ1n) is 10.7. The summed E-state index contributed by atoms with van der Waals surface area (Å²) in [5.41, 5.74) is 7.32. The monoisotopic (exact) mass is 411 g/mol. The summed E-state index contributed by atoms with van der Waals surface area (Å²) in [6.45, 7) is 4.58. The largest absolute Gasteiger partial charge is 0.480 e. The second-order valence-electron chi connectivity index (χ2n) is 8.79. The van der Waals surface area contributed by atoms with E-state index in [1.54, 1.807) is 20.8 Å². The van der Waals surface area contributed by atoms with Gasteiger partial charge in [0.1, 0.15) is 11.6 Å². The Morgan fingerprint density at radius 2 is 1.55 bits per heavy atom. The summed E-state index contributed by atoms with van der Waals surface area (Å²) < 4.78 is 4.85. The predicted molar refractivity (Wildman–Crippen MR) is 112 cm³/mol. The molecule has 2 rings (SSSR count). The van der Waals surface area contributed by atoms with Crippen molar-refractivity contribution < 1.29 is 19.4 Å². The van der Waals surface area contributed by atoms with Crippen molar-refractivity contribution in [3.63, 3.8) is 0 Å². The molecule has 9 nitrogen and oxygen atoms in total. The smallest absolute Gasteiger partial charge is 0.408 e. The van der Waals surface area contributed by atoms with E-state index in [0.29, 0.717) is 0 Å². The average molecular weight is 412 g/mol. The third kappa shape index (κ3) is 12.2. The minimum Gasteiger partial charge on any atom is -0.480 e. The Balaban J connectivity index is 0.000000294. The topological polar surface area (TPSA) is 136 Å². The lowest BCUT2D eigenvalue weighted by Crippen LogP contribution is -2.45. The first-order chi connectivity index (χ1) is 13.7. The summed E-state index contributed by atoms with van der Waals surface area (Å²) in [5.74, 6) is -1.29. The van der Waals surface area contributed by atoms with Crippen LogP contribution in [-0.4, -0.2) is 47.4 Å². The molecule has 2 fully saturated rings. The number of aliphatic carboxylic acids is 1. The van der Waals surface area contributed by atoms with Crippen molar-refractivity contribution in [2.75, 3.05) is 6.54 Å². The van der Waals surface area contributed by atoms with E-state index in [1.165, 1.54) is 64.2 Å².